The summed E-state index contributed by atoms with van der Waals surface area (Å²) in [5, 5.41) is 3.76. The molecule has 1 fully saturated rings. The highest BCUT2D eigenvalue weighted by Crippen LogP contribution is 2.27. The van der Waals surface area contributed by atoms with Crippen LogP contribution in [-0.4, -0.2) is 15.6 Å². The predicted octanol–water partition coefficient (Wildman–Crippen LogP) is 3.52. The largest absolute Gasteiger partial charge is 0.331 e. The fraction of sp³-hybridized carbons (Fsp3) is 0.800. The van der Waals surface area contributed by atoms with Crippen LogP contribution >= 0.6 is 0 Å². The Hall–Kier alpha value is -0.830. The van der Waals surface area contributed by atoms with Crippen LogP contribution in [0.15, 0.2) is 12.5 Å². The van der Waals surface area contributed by atoms with Gasteiger partial charge in [0, 0.05) is 24.8 Å². The van der Waals surface area contributed by atoms with Crippen LogP contribution in [0.5, 0.6) is 0 Å². The van der Waals surface area contributed by atoms with E-state index in [1.165, 1.54) is 37.8 Å². The van der Waals surface area contributed by atoms with Gasteiger partial charge in [0.1, 0.15) is 0 Å². The number of aromatic nitrogens is 2. The first kappa shape index (κ1) is 13.6. The van der Waals surface area contributed by atoms with E-state index in [9.17, 15) is 0 Å². The molecule has 0 aromatic carbocycles. The highest BCUT2D eigenvalue weighted by atomic mass is 15.1. The van der Waals surface area contributed by atoms with Crippen molar-refractivity contribution in [2.45, 2.75) is 71.5 Å². The highest BCUT2D eigenvalue weighted by Gasteiger charge is 2.23. The molecule has 2 unspecified atom stereocenters. The molecule has 1 aliphatic carbocycles. The lowest BCUT2D eigenvalue weighted by Gasteiger charge is -2.31. The van der Waals surface area contributed by atoms with Crippen molar-refractivity contribution in [1.29, 1.82) is 0 Å². The van der Waals surface area contributed by atoms with Crippen molar-refractivity contribution in [2.75, 3.05) is 0 Å². The maximum atomic E-state index is 4.27. The van der Waals surface area contributed by atoms with E-state index in [1.54, 1.807) is 0 Å². The molecule has 102 valence electrons. The molecule has 1 saturated carbocycles. The van der Waals surface area contributed by atoms with Crippen molar-refractivity contribution in [3.05, 3.63) is 18.2 Å². The summed E-state index contributed by atoms with van der Waals surface area (Å²) in [5.41, 5.74) is 1.31. The number of nitrogens with one attached hydrogen (secondary N) is 1. The van der Waals surface area contributed by atoms with Crippen LogP contribution in [0.2, 0.25) is 0 Å². The van der Waals surface area contributed by atoms with E-state index in [-0.39, 0.29) is 0 Å². The molecule has 1 aromatic heterocycles. The zero-order valence-corrected chi connectivity index (χ0v) is 12.0. The topological polar surface area (TPSA) is 29.9 Å². The maximum Gasteiger partial charge on any atom is 0.0951 e. The minimum absolute atomic E-state index is 0.498. The van der Waals surface area contributed by atoms with Gasteiger partial charge in [0.05, 0.1) is 12.0 Å². The third kappa shape index (κ3) is 3.14. The molecule has 3 heteroatoms. The van der Waals surface area contributed by atoms with Gasteiger partial charge in [-0.05, 0) is 32.6 Å². The summed E-state index contributed by atoms with van der Waals surface area (Å²) < 4.78 is 2.26. The van der Waals surface area contributed by atoms with Gasteiger partial charge in [0.2, 0.25) is 0 Å². The number of imidazole rings is 1. The molecule has 1 N–H and O–H groups in total. The van der Waals surface area contributed by atoms with Gasteiger partial charge >= 0.3 is 0 Å². The van der Waals surface area contributed by atoms with Crippen molar-refractivity contribution in [1.82, 2.24) is 14.9 Å². The molecule has 18 heavy (non-hydrogen) atoms. The molecule has 0 radical (unpaired) electrons. The Kier molecular flexibility index (Phi) is 4.81. The Labute approximate surface area is 111 Å². The van der Waals surface area contributed by atoms with E-state index in [2.05, 4.69) is 35.6 Å². The third-order valence-electron chi connectivity index (χ3n) is 4.28. The van der Waals surface area contributed by atoms with E-state index in [0.717, 1.165) is 12.5 Å². The summed E-state index contributed by atoms with van der Waals surface area (Å²) in [6.07, 6.45) is 10.8. The van der Waals surface area contributed by atoms with Crippen molar-refractivity contribution in [3.8, 4) is 0 Å². The summed E-state index contributed by atoms with van der Waals surface area (Å²) in [6.45, 7) is 7.70. The molecule has 0 spiro atoms. The fourth-order valence-corrected chi connectivity index (χ4v) is 3.13. The average Bonchev–Trinajstić information content (AvgIpc) is 2.85. The molecular weight excluding hydrogens is 222 g/mol. The quantitative estimate of drug-likeness (QED) is 0.865. The molecule has 2 atom stereocenters. The molecular formula is C15H27N3. The predicted molar refractivity (Wildman–Crippen MR) is 75.5 cm³/mol. The second-order valence-corrected chi connectivity index (χ2v) is 5.83. The Bertz CT molecular complexity index is 356. The Morgan fingerprint density at radius 2 is 2.17 bits per heavy atom. The van der Waals surface area contributed by atoms with E-state index in [0.29, 0.717) is 12.1 Å². The normalized spacial score (nSPS) is 24.7. The Morgan fingerprint density at radius 3 is 2.89 bits per heavy atom. The van der Waals surface area contributed by atoms with E-state index < -0.39 is 0 Å². The maximum absolute atomic E-state index is 4.27. The van der Waals surface area contributed by atoms with Gasteiger partial charge in [-0.25, -0.2) is 4.98 Å². The fourth-order valence-electron chi connectivity index (χ4n) is 3.13. The van der Waals surface area contributed by atoms with Crippen LogP contribution in [0.25, 0.3) is 0 Å². The summed E-state index contributed by atoms with van der Waals surface area (Å²) >= 11 is 0. The summed E-state index contributed by atoms with van der Waals surface area (Å²) in [4.78, 5) is 4.27. The molecule has 0 amide bonds. The number of hydrogen-bond donors (Lipinski definition) is 1. The lowest BCUT2D eigenvalue weighted by molar-refractivity contribution is 0.252. The molecule has 0 bridgehead atoms. The van der Waals surface area contributed by atoms with Gasteiger partial charge in [-0.3, -0.25) is 0 Å². The first-order valence-electron chi connectivity index (χ1n) is 7.46. The summed E-state index contributed by atoms with van der Waals surface area (Å²) in [7, 11) is 0. The van der Waals surface area contributed by atoms with Crippen LogP contribution < -0.4 is 5.32 Å². The number of hydrogen-bond acceptors (Lipinski definition) is 2. The van der Waals surface area contributed by atoms with Gasteiger partial charge in [-0.2, -0.15) is 0 Å². The Balaban J connectivity index is 1.91. The van der Waals surface area contributed by atoms with Crippen molar-refractivity contribution >= 4 is 0 Å². The molecule has 3 nitrogen and oxygen atoms in total. The molecule has 2 rings (SSSR count). The first-order chi connectivity index (χ1) is 8.72. The van der Waals surface area contributed by atoms with Crippen LogP contribution in [0.3, 0.4) is 0 Å². The van der Waals surface area contributed by atoms with Gasteiger partial charge in [0.25, 0.3) is 0 Å². The molecule has 1 heterocycles. The zero-order chi connectivity index (χ0) is 13.0. The molecule has 0 saturated heterocycles. The van der Waals surface area contributed by atoms with Gasteiger partial charge in [-0.1, -0.05) is 26.2 Å². The van der Waals surface area contributed by atoms with Crippen molar-refractivity contribution in [3.63, 3.8) is 0 Å². The first-order valence-corrected chi connectivity index (χ1v) is 7.46. The van der Waals surface area contributed by atoms with Gasteiger partial charge < -0.3 is 9.88 Å². The lowest BCUT2D eigenvalue weighted by Crippen LogP contribution is -2.38. The van der Waals surface area contributed by atoms with E-state index >= 15 is 0 Å². The smallest absolute Gasteiger partial charge is 0.0951 e. The average molecular weight is 249 g/mol. The number of rotatable bonds is 5. The van der Waals surface area contributed by atoms with Crippen molar-refractivity contribution in [2.24, 2.45) is 5.92 Å². The van der Waals surface area contributed by atoms with Crippen LogP contribution in [-0.2, 0) is 6.54 Å². The van der Waals surface area contributed by atoms with Gasteiger partial charge in [0.15, 0.2) is 0 Å². The third-order valence-corrected chi connectivity index (χ3v) is 4.28. The zero-order valence-electron chi connectivity index (χ0n) is 12.0. The Morgan fingerprint density at radius 1 is 1.39 bits per heavy atom. The molecule has 1 aromatic rings. The lowest BCUT2D eigenvalue weighted by atomic mass is 9.83. The molecule has 0 aliphatic heterocycles. The van der Waals surface area contributed by atoms with Gasteiger partial charge in [-0.15, -0.1) is 0 Å². The van der Waals surface area contributed by atoms with Crippen LogP contribution in [0.4, 0.5) is 0 Å². The number of nitrogens with zero attached hydrogens (tertiary/aromatic N) is 2. The van der Waals surface area contributed by atoms with Crippen LogP contribution in [0.1, 0.15) is 64.6 Å². The second kappa shape index (κ2) is 6.37. The minimum atomic E-state index is 0.498. The van der Waals surface area contributed by atoms with E-state index in [4.69, 9.17) is 0 Å². The minimum Gasteiger partial charge on any atom is -0.331 e. The monoisotopic (exact) mass is 249 g/mol. The summed E-state index contributed by atoms with van der Waals surface area (Å²) in [6, 6.07) is 1.21. The molecule has 1 aliphatic rings. The van der Waals surface area contributed by atoms with Crippen LogP contribution in [0, 0.1) is 5.92 Å². The SMILES string of the molecule is CCC1CCCCC1NCc1cncn1C(C)C. The van der Waals surface area contributed by atoms with E-state index in [1.807, 2.05) is 12.5 Å². The standard InChI is InChI=1S/C15H27N3/c1-4-13-7-5-6-8-15(13)17-10-14-9-16-11-18(14)12(2)3/h9,11-13,15,17H,4-8,10H2,1-3H3. The summed E-state index contributed by atoms with van der Waals surface area (Å²) in [5.74, 6) is 0.870. The second-order valence-electron chi connectivity index (χ2n) is 5.83. The highest BCUT2D eigenvalue weighted by molar-refractivity contribution is 5.00. The van der Waals surface area contributed by atoms with Crippen molar-refractivity contribution < 1.29 is 0 Å².